The third-order valence-corrected chi connectivity index (χ3v) is 4.41. The van der Waals surface area contributed by atoms with E-state index in [4.69, 9.17) is 0 Å². The van der Waals surface area contributed by atoms with Gasteiger partial charge >= 0.3 is 0 Å². The highest BCUT2D eigenvalue weighted by molar-refractivity contribution is 5.94. The summed E-state index contributed by atoms with van der Waals surface area (Å²) in [7, 11) is 0. The van der Waals surface area contributed by atoms with Gasteiger partial charge in [0.25, 0.3) is 0 Å². The largest absolute Gasteiger partial charge is 0.310 e. The molecule has 1 aromatic carbocycles. The van der Waals surface area contributed by atoms with Crippen LogP contribution in [0.5, 0.6) is 0 Å². The van der Waals surface area contributed by atoms with Gasteiger partial charge in [0.05, 0.1) is 0 Å². The molecule has 1 amide bonds. The molecule has 0 radical (unpaired) electrons. The maximum atomic E-state index is 14.3. The SMILES string of the molecule is CCCCCCC(=O)Nc1c(-c2ccccc2F)nc2ccc(C)cn12. The van der Waals surface area contributed by atoms with Gasteiger partial charge in [-0.2, -0.15) is 0 Å². The summed E-state index contributed by atoms with van der Waals surface area (Å²) < 4.78 is 16.1. The quantitative estimate of drug-likeness (QED) is 0.581. The Kier molecular flexibility index (Phi) is 5.66. The number of anilines is 1. The molecule has 136 valence electrons. The maximum Gasteiger partial charge on any atom is 0.225 e. The van der Waals surface area contributed by atoms with Crippen LogP contribution in [0.25, 0.3) is 16.9 Å². The molecular formula is C21H24FN3O. The highest BCUT2D eigenvalue weighted by Crippen LogP contribution is 2.31. The normalized spacial score (nSPS) is 11.0. The summed E-state index contributed by atoms with van der Waals surface area (Å²) in [5, 5.41) is 2.96. The van der Waals surface area contributed by atoms with Gasteiger partial charge in [0.1, 0.15) is 23.0 Å². The standard InChI is InChI=1S/C21H24FN3O/c1-3-4-5-6-11-19(26)24-21-20(16-9-7-8-10-17(16)22)23-18-13-12-15(2)14-25(18)21/h7-10,12-14H,3-6,11H2,1-2H3,(H,24,26). The van der Waals surface area contributed by atoms with Crippen molar-refractivity contribution < 1.29 is 9.18 Å². The van der Waals surface area contributed by atoms with E-state index in [2.05, 4.69) is 17.2 Å². The molecule has 4 nitrogen and oxygen atoms in total. The zero-order valence-corrected chi connectivity index (χ0v) is 15.3. The molecule has 0 saturated heterocycles. The van der Waals surface area contributed by atoms with E-state index >= 15 is 0 Å². The Balaban J connectivity index is 1.96. The topological polar surface area (TPSA) is 46.4 Å². The molecule has 0 aliphatic carbocycles. The predicted octanol–water partition coefficient (Wildman–Crippen LogP) is 5.36. The van der Waals surface area contributed by atoms with Crippen LogP contribution in [0, 0.1) is 12.7 Å². The molecule has 2 aromatic heterocycles. The monoisotopic (exact) mass is 353 g/mol. The number of aromatic nitrogens is 2. The first-order valence-corrected chi connectivity index (χ1v) is 9.13. The van der Waals surface area contributed by atoms with Crippen LogP contribution in [0.2, 0.25) is 0 Å². The van der Waals surface area contributed by atoms with Crippen LogP contribution < -0.4 is 5.32 Å². The molecule has 0 saturated carbocycles. The van der Waals surface area contributed by atoms with Crippen molar-refractivity contribution in [3.05, 3.63) is 54.0 Å². The number of hydrogen-bond acceptors (Lipinski definition) is 2. The number of aryl methyl sites for hydroxylation is 1. The molecular weight excluding hydrogens is 329 g/mol. The number of carbonyl (C=O) groups is 1. The van der Waals surface area contributed by atoms with Crippen LogP contribution in [0.3, 0.4) is 0 Å². The summed E-state index contributed by atoms with van der Waals surface area (Å²) in [4.78, 5) is 17.0. The number of unbranched alkanes of at least 4 members (excludes halogenated alkanes) is 3. The Morgan fingerprint density at radius 2 is 1.96 bits per heavy atom. The zero-order chi connectivity index (χ0) is 18.5. The number of halogens is 1. The lowest BCUT2D eigenvalue weighted by Gasteiger charge is -2.09. The Morgan fingerprint density at radius 1 is 1.15 bits per heavy atom. The van der Waals surface area contributed by atoms with Crippen LogP contribution in [0.1, 0.15) is 44.6 Å². The maximum absolute atomic E-state index is 14.3. The second kappa shape index (κ2) is 8.13. The van der Waals surface area contributed by atoms with Gasteiger partial charge in [-0.15, -0.1) is 0 Å². The van der Waals surface area contributed by atoms with Crippen molar-refractivity contribution in [2.24, 2.45) is 0 Å². The van der Waals surface area contributed by atoms with Crippen molar-refractivity contribution in [3.63, 3.8) is 0 Å². The fourth-order valence-corrected chi connectivity index (χ4v) is 3.02. The van der Waals surface area contributed by atoms with Gasteiger partial charge < -0.3 is 5.32 Å². The molecule has 0 bridgehead atoms. The van der Waals surface area contributed by atoms with Crippen LogP contribution in [-0.2, 0) is 4.79 Å². The first-order chi connectivity index (χ1) is 12.6. The lowest BCUT2D eigenvalue weighted by Crippen LogP contribution is -2.13. The molecule has 26 heavy (non-hydrogen) atoms. The summed E-state index contributed by atoms with van der Waals surface area (Å²) in [6.07, 6.45) is 6.50. The molecule has 3 rings (SSSR count). The van der Waals surface area contributed by atoms with E-state index in [1.165, 1.54) is 6.07 Å². The Labute approximate surface area is 153 Å². The number of nitrogens with zero attached hydrogens (tertiary/aromatic N) is 2. The molecule has 2 heterocycles. The Morgan fingerprint density at radius 3 is 2.73 bits per heavy atom. The average molecular weight is 353 g/mol. The number of amides is 1. The van der Waals surface area contributed by atoms with E-state index in [1.54, 1.807) is 18.2 Å². The van der Waals surface area contributed by atoms with Gasteiger partial charge in [0.2, 0.25) is 5.91 Å². The van der Waals surface area contributed by atoms with Gasteiger partial charge in [-0.1, -0.05) is 44.4 Å². The lowest BCUT2D eigenvalue weighted by molar-refractivity contribution is -0.116. The van der Waals surface area contributed by atoms with Gasteiger partial charge in [-0.25, -0.2) is 9.37 Å². The molecule has 3 aromatic rings. The summed E-state index contributed by atoms with van der Waals surface area (Å²) >= 11 is 0. The third-order valence-electron chi connectivity index (χ3n) is 4.41. The number of benzene rings is 1. The van der Waals surface area contributed by atoms with Crippen molar-refractivity contribution >= 4 is 17.4 Å². The Bertz CT molecular complexity index is 917. The molecule has 0 aliphatic heterocycles. The van der Waals surface area contributed by atoms with Gasteiger partial charge in [-0.3, -0.25) is 9.20 Å². The number of rotatable bonds is 7. The van der Waals surface area contributed by atoms with E-state index in [-0.39, 0.29) is 11.7 Å². The predicted molar refractivity (Wildman–Crippen MR) is 103 cm³/mol. The van der Waals surface area contributed by atoms with Gasteiger partial charge in [0.15, 0.2) is 0 Å². The van der Waals surface area contributed by atoms with Crippen LogP contribution in [-0.4, -0.2) is 15.3 Å². The minimum atomic E-state index is -0.355. The highest BCUT2D eigenvalue weighted by Gasteiger charge is 2.18. The molecule has 0 spiro atoms. The molecule has 0 aliphatic rings. The van der Waals surface area contributed by atoms with E-state index in [9.17, 15) is 9.18 Å². The summed E-state index contributed by atoms with van der Waals surface area (Å²) in [6.45, 7) is 4.11. The lowest BCUT2D eigenvalue weighted by atomic mass is 10.1. The third kappa shape index (κ3) is 3.93. The number of hydrogen-bond donors (Lipinski definition) is 1. The molecule has 5 heteroatoms. The number of fused-ring (bicyclic) bond motifs is 1. The van der Waals surface area contributed by atoms with Crippen molar-refractivity contribution in [2.75, 3.05) is 5.32 Å². The number of carbonyl (C=O) groups excluding carboxylic acids is 1. The smallest absolute Gasteiger partial charge is 0.225 e. The van der Waals surface area contributed by atoms with Crippen molar-refractivity contribution in [1.82, 2.24) is 9.38 Å². The average Bonchev–Trinajstić information content (AvgIpc) is 2.97. The molecule has 0 fully saturated rings. The van der Waals surface area contributed by atoms with Crippen LogP contribution in [0.4, 0.5) is 10.2 Å². The van der Waals surface area contributed by atoms with Crippen LogP contribution in [0.15, 0.2) is 42.6 Å². The van der Waals surface area contributed by atoms with Gasteiger partial charge in [0, 0.05) is 18.2 Å². The highest BCUT2D eigenvalue weighted by atomic mass is 19.1. The molecule has 1 N–H and O–H groups in total. The van der Waals surface area contributed by atoms with Crippen molar-refractivity contribution in [2.45, 2.75) is 46.0 Å². The second-order valence-electron chi connectivity index (χ2n) is 6.58. The zero-order valence-electron chi connectivity index (χ0n) is 15.3. The first-order valence-electron chi connectivity index (χ1n) is 9.13. The van der Waals surface area contributed by atoms with Gasteiger partial charge in [-0.05, 0) is 37.1 Å². The van der Waals surface area contributed by atoms with E-state index in [0.29, 0.717) is 29.1 Å². The van der Waals surface area contributed by atoms with Crippen LogP contribution >= 0.6 is 0 Å². The second-order valence-corrected chi connectivity index (χ2v) is 6.58. The molecule has 0 atom stereocenters. The van der Waals surface area contributed by atoms with E-state index < -0.39 is 0 Å². The number of nitrogens with one attached hydrogen (secondary N) is 1. The van der Waals surface area contributed by atoms with E-state index in [0.717, 1.165) is 31.2 Å². The van der Waals surface area contributed by atoms with E-state index in [1.807, 2.05) is 29.7 Å². The minimum absolute atomic E-state index is 0.0676. The first kappa shape index (κ1) is 18.1. The summed E-state index contributed by atoms with van der Waals surface area (Å²) in [6, 6.07) is 10.3. The summed E-state index contributed by atoms with van der Waals surface area (Å²) in [5.41, 5.74) is 2.55. The van der Waals surface area contributed by atoms with Crippen molar-refractivity contribution in [1.29, 1.82) is 0 Å². The number of imidazole rings is 1. The fourth-order valence-electron chi connectivity index (χ4n) is 3.02. The Hall–Kier alpha value is -2.69. The number of pyridine rings is 1. The summed E-state index contributed by atoms with van der Waals surface area (Å²) in [5.74, 6) is 0.0994. The fraction of sp³-hybridized carbons (Fsp3) is 0.333. The van der Waals surface area contributed by atoms with Crippen molar-refractivity contribution in [3.8, 4) is 11.3 Å². The minimum Gasteiger partial charge on any atom is -0.310 e. The molecule has 0 unspecified atom stereocenters.